The number of hydrogen-bond donors (Lipinski definition) is 3. The summed E-state index contributed by atoms with van der Waals surface area (Å²) < 4.78 is 5.09. The summed E-state index contributed by atoms with van der Waals surface area (Å²) in [5.74, 6) is 0.325. The molecule has 2 aromatic rings. The molecule has 1 aromatic carbocycles. The first kappa shape index (κ1) is 20.4. The minimum atomic E-state index is -0.245. The fourth-order valence-corrected chi connectivity index (χ4v) is 4.09. The van der Waals surface area contributed by atoms with Crippen LogP contribution in [0.3, 0.4) is 0 Å². The van der Waals surface area contributed by atoms with E-state index in [4.69, 9.17) is 16.3 Å². The van der Waals surface area contributed by atoms with Crippen LogP contribution >= 0.6 is 22.9 Å². The molecule has 1 aliphatic carbocycles. The van der Waals surface area contributed by atoms with Gasteiger partial charge in [0.2, 0.25) is 5.91 Å². The SMILES string of the molecule is COc1ccc(NC(=O)Cc2csc(NC(=O)NC3CCCCC3)n2)cc1Cl. The minimum Gasteiger partial charge on any atom is -0.495 e. The molecule has 9 heteroatoms. The first-order valence-corrected chi connectivity index (χ1v) is 10.4. The highest BCUT2D eigenvalue weighted by molar-refractivity contribution is 7.13. The molecule has 3 rings (SSSR count). The van der Waals surface area contributed by atoms with E-state index in [-0.39, 0.29) is 24.4 Å². The third-order valence-corrected chi connectivity index (χ3v) is 5.59. The maximum atomic E-state index is 12.2. The minimum absolute atomic E-state index is 0.103. The topological polar surface area (TPSA) is 92.4 Å². The van der Waals surface area contributed by atoms with Crippen LogP contribution in [0.15, 0.2) is 23.6 Å². The lowest BCUT2D eigenvalue weighted by atomic mass is 9.96. The van der Waals surface area contributed by atoms with Gasteiger partial charge < -0.3 is 15.4 Å². The van der Waals surface area contributed by atoms with Gasteiger partial charge in [-0.2, -0.15) is 0 Å². The summed E-state index contributed by atoms with van der Waals surface area (Å²) in [5.41, 5.74) is 1.17. The molecule has 7 nitrogen and oxygen atoms in total. The standard InChI is InChI=1S/C19H23ClN4O3S/c1-27-16-8-7-13(9-15(16)20)21-17(25)10-14-11-28-19(23-14)24-18(26)22-12-5-3-2-4-6-12/h7-9,11-12H,2-6,10H2,1H3,(H,21,25)(H2,22,23,24,26). The number of hydrogen-bond acceptors (Lipinski definition) is 5. The van der Waals surface area contributed by atoms with Crippen LogP contribution in [0.4, 0.5) is 15.6 Å². The molecule has 3 amide bonds. The first-order chi connectivity index (χ1) is 13.5. The molecule has 0 spiro atoms. The zero-order chi connectivity index (χ0) is 19.9. The number of aromatic nitrogens is 1. The summed E-state index contributed by atoms with van der Waals surface area (Å²) in [6, 6.07) is 5.02. The quantitative estimate of drug-likeness (QED) is 0.641. The van der Waals surface area contributed by atoms with E-state index in [1.807, 2.05) is 0 Å². The number of urea groups is 1. The Bertz CT molecular complexity index is 836. The van der Waals surface area contributed by atoms with E-state index in [1.165, 1.54) is 24.9 Å². The van der Waals surface area contributed by atoms with E-state index >= 15 is 0 Å². The molecule has 1 heterocycles. The monoisotopic (exact) mass is 422 g/mol. The molecule has 0 radical (unpaired) electrons. The molecule has 1 saturated carbocycles. The van der Waals surface area contributed by atoms with Crippen LogP contribution in [0.5, 0.6) is 5.75 Å². The van der Waals surface area contributed by atoms with E-state index in [2.05, 4.69) is 20.9 Å². The Balaban J connectivity index is 1.48. The molecule has 0 atom stereocenters. The molecule has 3 N–H and O–H groups in total. The van der Waals surface area contributed by atoms with Gasteiger partial charge in [0.1, 0.15) is 5.75 Å². The van der Waals surface area contributed by atoms with Crippen LogP contribution in [-0.4, -0.2) is 30.1 Å². The maximum Gasteiger partial charge on any atom is 0.321 e. The third kappa shape index (κ3) is 5.84. The number of halogens is 1. The summed E-state index contributed by atoms with van der Waals surface area (Å²) in [6.07, 6.45) is 5.69. The summed E-state index contributed by atoms with van der Waals surface area (Å²) >= 11 is 7.36. The van der Waals surface area contributed by atoms with Gasteiger partial charge in [0.05, 0.1) is 24.2 Å². The van der Waals surface area contributed by atoms with Gasteiger partial charge in [0.25, 0.3) is 0 Å². The Morgan fingerprint density at radius 3 is 2.75 bits per heavy atom. The van der Waals surface area contributed by atoms with E-state index < -0.39 is 0 Å². The molecule has 1 aliphatic rings. The summed E-state index contributed by atoms with van der Waals surface area (Å²) in [4.78, 5) is 28.6. The highest BCUT2D eigenvalue weighted by Gasteiger charge is 2.16. The van der Waals surface area contributed by atoms with Gasteiger partial charge in [-0.1, -0.05) is 30.9 Å². The van der Waals surface area contributed by atoms with Crippen molar-refractivity contribution in [2.45, 2.75) is 44.6 Å². The molecule has 0 aliphatic heterocycles. The van der Waals surface area contributed by atoms with Gasteiger partial charge in [-0.15, -0.1) is 11.3 Å². The number of nitrogens with one attached hydrogen (secondary N) is 3. The Hall–Kier alpha value is -2.32. The summed E-state index contributed by atoms with van der Waals surface area (Å²) in [6.45, 7) is 0. The van der Waals surface area contributed by atoms with Crippen molar-refractivity contribution in [2.75, 3.05) is 17.7 Å². The lowest BCUT2D eigenvalue weighted by Crippen LogP contribution is -2.39. The zero-order valence-electron chi connectivity index (χ0n) is 15.6. The highest BCUT2D eigenvalue weighted by atomic mass is 35.5. The normalized spacial score (nSPS) is 14.4. The molecule has 28 heavy (non-hydrogen) atoms. The van der Waals surface area contributed by atoms with Crippen molar-refractivity contribution in [3.63, 3.8) is 0 Å². The van der Waals surface area contributed by atoms with Crippen LogP contribution < -0.4 is 20.7 Å². The third-order valence-electron chi connectivity index (χ3n) is 4.49. The van der Waals surface area contributed by atoms with Crippen molar-refractivity contribution in [3.05, 3.63) is 34.3 Å². The molecule has 1 aromatic heterocycles. The average molecular weight is 423 g/mol. The van der Waals surface area contributed by atoms with Crippen LogP contribution in [-0.2, 0) is 11.2 Å². The number of carbonyl (C=O) groups is 2. The summed E-state index contributed by atoms with van der Waals surface area (Å²) in [5, 5.41) is 11.2. The molecular weight excluding hydrogens is 400 g/mol. The number of anilines is 2. The van der Waals surface area contributed by atoms with E-state index in [9.17, 15) is 9.59 Å². The van der Waals surface area contributed by atoms with Crippen LogP contribution in [0.1, 0.15) is 37.8 Å². The number of methoxy groups -OCH3 is 1. The van der Waals surface area contributed by atoms with Crippen molar-refractivity contribution in [1.29, 1.82) is 0 Å². The highest BCUT2D eigenvalue weighted by Crippen LogP contribution is 2.27. The van der Waals surface area contributed by atoms with Crippen molar-refractivity contribution in [1.82, 2.24) is 10.3 Å². The fourth-order valence-electron chi connectivity index (χ4n) is 3.12. The molecule has 1 fully saturated rings. The van der Waals surface area contributed by atoms with Crippen molar-refractivity contribution in [2.24, 2.45) is 0 Å². The Labute approximate surface area is 172 Å². The number of amides is 3. The second kappa shape index (κ2) is 9.75. The van der Waals surface area contributed by atoms with Gasteiger partial charge >= 0.3 is 6.03 Å². The van der Waals surface area contributed by atoms with Crippen molar-refractivity contribution < 1.29 is 14.3 Å². The van der Waals surface area contributed by atoms with Gasteiger partial charge in [-0.05, 0) is 31.0 Å². The van der Waals surface area contributed by atoms with Gasteiger partial charge in [0, 0.05) is 17.1 Å². The number of rotatable bonds is 6. The van der Waals surface area contributed by atoms with Crippen LogP contribution in [0, 0.1) is 0 Å². The van der Waals surface area contributed by atoms with E-state index in [0.29, 0.717) is 27.3 Å². The maximum absolute atomic E-state index is 12.2. The van der Waals surface area contributed by atoms with Crippen LogP contribution in [0.2, 0.25) is 5.02 Å². The molecule has 0 unspecified atom stereocenters. The Morgan fingerprint density at radius 2 is 2.04 bits per heavy atom. The molecule has 0 saturated heterocycles. The molecule has 0 bridgehead atoms. The predicted molar refractivity (Wildman–Crippen MR) is 111 cm³/mol. The lowest BCUT2D eigenvalue weighted by Gasteiger charge is -2.22. The number of benzene rings is 1. The van der Waals surface area contributed by atoms with Crippen LogP contribution in [0.25, 0.3) is 0 Å². The van der Waals surface area contributed by atoms with Crippen molar-refractivity contribution in [3.8, 4) is 5.75 Å². The predicted octanol–water partition coefficient (Wildman–Crippen LogP) is 4.44. The Morgan fingerprint density at radius 1 is 1.25 bits per heavy atom. The average Bonchev–Trinajstić information content (AvgIpc) is 3.09. The van der Waals surface area contributed by atoms with Crippen molar-refractivity contribution >= 4 is 45.7 Å². The van der Waals surface area contributed by atoms with E-state index in [1.54, 1.807) is 23.6 Å². The smallest absolute Gasteiger partial charge is 0.321 e. The first-order valence-electron chi connectivity index (χ1n) is 9.19. The van der Waals surface area contributed by atoms with E-state index in [0.717, 1.165) is 25.7 Å². The zero-order valence-corrected chi connectivity index (χ0v) is 17.2. The number of carbonyl (C=O) groups excluding carboxylic acids is 2. The number of thiazole rings is 1. The second-order valence-corrected chi connectivity index (χ2v) is 7.92. The second-order valence-electron chi connectivity index (χ2n) is 6.65. The fraction of sp³-hybridized carbons (Fsp3) is 0.421. The van der Waals surface area contributed by atoms with Gasteiger partial charge in [-0.3, -0.25) is 10.1 Å². The largest absolute Gasteiger partial charge is 0.495 e. The van der Waals surface area contributed by atoms with Gasteiger partial charge in [-0.25, -0.2) is 9.78 Å². The number of ether oxygens (including phenoxy) is 1. The number of nitrogens with zero attached hydrogens (tertiary/aromatic N) is 1. The van der Waals surface area contributed by atoms with Gasteiger partial charge in [0.15, 0.2) is 5.13 Å². The lowest BCUT2D eigenvalue weighted by molar-refractivity contribution is -0.115. The Kier molecular flexibility index (Phi) is 7.11. The molecule has 150 valence electrons. The molecular formula is C19H23ClN4O3S. The summed E-state index contributed by atoms with van der Waals surface area (Å²) in [7, 11) is 1.53.